The summed E-state index contributed by atoms with van der Waals surface area (Å²) in [6, 6.07) is 11.4. The molecular weight excluding hydrogens is 374 g/mol. The lowest BCUT2D eigenvalue weighted by molar-refractivity contribution is -0.112. The first kappa shape index (κ1) is 20.2. The molecule has 0 spiro atoms. The van der Waals surface area contributed by atoms with E-state index in [4.69, 9.17) is 4.74 Å². The molecule has 1 atom stereocenters. The van der Waals surface area contributed by atoms with Gasteiger partial charge in [0.2, 0.25) is 5.12 Å². The minimum absolute atomic E-state index is 0.122. The van der Waals surface area contributed by atoms with E-state index in [1.165, 1.54) is 5.56 Å². The Morgan fingerprint density at radius 1 is 1.21 bits per heavy atom. The fourth-order valence-electron chi connectivity index (χ4n) is 2.90. The van der Waals surface area contributed by atoms with E-state index in [0.717, 1.165) is 35.4 Å². The van der Waals surface area contributed by atoms with Crippen molar-refractivity contribution in [3.05, 3.63) is 53.7 Å². The number of likely N-dealkylation sites (N-methyl/N-ethyl adjacent to an activating group) is 1. The van der Waals surface area contributed by atoms with Gasteiger partial charge in [-0.3, -0.25) is 9.59 Å². The van der Waals surface area contributed by atoms with E-state index in [1.807, 2.05) is 43.6 Å². The van der Waals surface area contributed by atoms with Crippen LogP contribution in [0.3, 0.4) is 0 Å². The van der Waals surface area contributed by atoms with Gasteiger partial charge >= 0.3 is 0 Å². The number of benzene rings is 1. The number of nitrogens with one attached hydrogen (secondary N) is 1. The van der Waals surface area contributed by atoms with Crippen molar-refractivity contribution in [3.63, 3.8) is 0 Å². The van der Waals surface area contributed by atoms with Gasteiger partial charge in [0.25, 0.3) is 5.24 Å². The zero-order chi connectivity index (χ0) is 20.1. The molecule has 1 aliphatic heterocycles. The molecule has 0 saturated carbocycles. The maximum Gasteiger partial charge on any atom is 0.287 e. The summed E-state index contributed by atoms with van der Waals surface area (Å²) < 4.78 is 5.83. The lowest BCUT2D eigenvalue weighted by Crippen LogP contribution is -2.30. The maximum atomic E-state index is 11.7. The fourth-order valence-corrected chi connectivity index (χ4v) is 3.57. The van der Waals surface area contributed by atoms with Crippen LogP contribution in [0.5, 0.6) is 5.75 Å². The standard InChI is InChI=1S/C21H25N3O3S/c1-14(2)16-8-9-22-19(13-16)24(3)10-11-27-17-6-4-15(5-7-17)12-18-20(25)28-21(26)23-18/h4-9,13-14,18H,10-12H2,1-3H3,(H,23,26). The smallest absolute Gasteiger partial charge is 0.287 e. The summed E-state index contributed by atoms with van der Waals surface area (Å²) in [5, 5.41) is 2.28. The van der Waals surface area contributed by atoms with E-state index in [-0.39, 0.29) is 10.4 Å². The third kappa shape index (κ3) is 5.25. The van der Waals surface area contributed by atoms with Crippen LogP contribution in [0.25, 0.3) is 0 Å². The van der Waals surface area contributed by atoms with Gasteiger partial charge in [-0.25, -0.2) is 4.98 Å². The van der Waals surface area contributed by atoms with Crippen molar-refractivity contribution in [2.75, 3.05) is 25.1 Å². The molecule has 1 saturated heterocycles. The fraction of sp³-hybridized carbons (Fsp3) is 0.381. The number of nitrogens with zero attached hydrogens (tertiary/aromatic N) is 2. The Morgan fingerprint density at radius 3 is 2.61 bits per heavy atom. The Balaban J connectivity index is 1.48. The Morgan fingerprint density at radius 2 is 1.96 bits per heavy atom. The van der Waals surface area contributed by atoms with Gasteiger partial charge < -0.3 is 15.0 Å². The molecule has 1 unspecified atom stereocenters. The number of thioether (sulfide) groups is 1. The van der Waals surface area contributed by atoms with Gasteiger partial charge in [0.15, 0.2) is 0 Å². The van der Waals surface area contributed by atoms with Gasteiger partial charge in [0, 0.05) is 31.4 Å². The Kier molecular flexibility index (Phi) is 6.57. The molecule has 2 aromatic rings. The van der Waals surface area contributed by atoms with E-state index in [0.29, 0.717) is 18.9 Å². The molecule has 1 N–H and O–H groups in total. The summed E-state index contributed by atoms with van der Waals surface area (Å²) in [6.45, 7) is 5.59. The minimum Gasteiger partial charge on any atom is -0.492 e. The number of amides is 1. The quantitative estimate of drug-likeness (QED) is 0.731. The number of carbonyl (C=O) groups excluding carboxylic acids is 2. The topological polar surface area (TPSA) is 71.5 Å². The molecule has 0 radical (unpaired) electrons. The van der Waals surface area contributed by atoms with Crippen LogP contribution in [-0.4, -0.2) is 41.6 Å². The molecule has 2 heterocycles. The van der Waals surface area contributed by atoms with Gasteiger partial charge in [-0.1, -0.05) is 26.0 Å². The second-order valence-electron chi connectivity index (χ2n) is 7.13. The van der Waals surface area contributed by atoms with Crippen LogP contribution < -0.4 is 15.0 Å². The molecule has 7 heteroatoms. The highest BCUT2D eigenvalue weighted by molar-refractivity contribution is 8.26. The highest BCUT2D eigenvalue weighted by Gasteiger charge is 2.31. The average Bonchev–Trinajstić information content (AvgIpc) is 3.00. The predicted molar refractivity (Wildman–Crippen MR) is 112 cm³/mol. The number of anilines is 1. The molecule has 1 amide bonds. The number of carbonyl (C=O) groups is 2. The zero-order valence-corrected chi connectivity index (χ0v) is 17.2. The van der Waals surface area contributed by atoms with Crippen molar-refractivity contribution in [2.24, 2.45) is 0 Å². The number of ether oxygens (including phenoxy) is 1. The monoisotopic (exact) mass is 399 g/mol. The third-order valence-corrected chi connectivity index (χ3v) is 5.44. The molecule has 1 aromatic heterocycles. The zero-order valence-electron chi connectivity index (χ0n) is 16.3. The van der Waals surface area contributed by atoms with Gasteiger partial charge in [0.1, 0.15) is 24.2 Å². The molecule has 1 aliphatic rings. The second kappa shape index (κ2) is 9.10. The normalized spacial score (nSPS) is 16.4. The Hall–Kier alpha value is -2.54. The summed E-state index contributed by atoms with van der Waals surface area (Å²) in [4.78, 5) is 29.4. The van der Waals surface area contributed by atoms with Crippen molar-refractivity contribution in [1.82, 2.24) is 10.3 Å². The highest BCUT2D eigenvalue weighted by Crippen LogP contribution is 2.21. The largest absolute Gasteiger partial charge is 0.492 e. The molecule has 1 aromatic carbocycles. The summed E-state index contributed by atoms with van der Waals surface area (Å²) in [5.74, 6) is 2.18. The van der Waals surface area contributed by atoms with Crippen molar-refractivity contribution < 1.29 is 14.3 Å². The predicted octanol–water partition coefficient (Wildman–Crippen LogP) is 3.61. The molecule has 0 aliphatic carbocycles. The van der Waals surface area contributed by atoms with Crippen LogP contribution in [0.15, 0.2) is 42.6 Å². The number of hydrogen-bond acceptors (Lipinski definition) is 6. The molecule has 0 bridgehead atoms. The number of pyridine rings is 1. The first-order valence-electron chi connectivity index (χ1n) is 9.33. The van der Waals surface area contributed by atoms with Crippen molar-refractivity contribution in [3.8, 4) is 5.75 Å². The third-order valence-electron chi connectivity index (χ3n) is 4.66. The molecule has 1 fully saturated rings. The van der Waals surface area contributed by atoms with Gasteiger partial charge in [0.05, 0.1) is 6.54 Å². The molecule has 6 nitrogen and oxygen atoms in total. The lowest BCUT2D eigenvalue weighted by Gasteiger charge is -2.19. The van der Waals surface area contributed by atoms with Crippen LogP contribution in [-0.2, 0) is 11.2 Å². The van der Waals surface area contributed by atoms with Gasteiger partial charge in [-0.2, -0.15) is 0 Å². The van der Waals surface area contributed by atoms with Crippen LogP contribution in [0.1, 0.15) is 30.9 Å². The number of hydrogen-bond donors (Lipinski definition) is 1. The van der Waals surface area contributed by atoms with E-state index in [9.17, 15) is 9.59 Å². The van der Waals surface area contributed by atoms with Crippen molar-refractivity contribution in [2.45, 2.75) is 32.2 Å². The summed E-state index contributed by atoms with van der Waals surface area (Å²) in [5.41, 5.74) is 2.25. The minimum atomic E-state index is -0.438. The Bertz CT molecular complexity index is 839. The SMILES string of the molecule is CC(C)c1ccnc(N(C)CCOc2ccc(CC3NC(=O)SC3=O)cc2)c1. The second-order valence-corrected chi connectivity index (χ2v) is 8.10. The van der Waals surface area contributed by atoms with E-state index < -0.39 is 6.04 Å². The Labute approximate surface area is 169 Å². The van der Waals surface area contributed by atoms with Crippen LogP contribution in [0.4, 0.5) is 10.6 Å². The summed E-state index contributed by atoms with van der Waals surface area (Å²) in [7, 11) is 2.00. The first-order valence-corrected chi connectivity index (χ1v) is 10.1. The number of aromatic nitrogens is 1. The first-order chi connectivity index (χ1) is 13.4. The van der Waals surface area contributed by atoms with E-state index >= 15 is 0 Å². The molecule has 3 rings (SSSR count). The lowest BCUT2D eigenvalue weighted by atomic mass is 10.1. The van der Waals surface area contributed by atoms with Gasteiger partial charge in [-0.05, 0) is 41.3 Å². The molecular formula is C21H25N3O3S. The van der Waals surface area contributed by atoms with Crippen LogP contribution in [0.2, 0.25) is 0 Å². The van der Waals surface area contributed by atoms with E-state index in [1.54, 1.807) is 0 Å². The highest BCUT2D eigenvalue weighted by atomic mass is 32.2. The van der Waals surface area contributed by atoms with Crippen LogP contribution >= 0.6 is 11.8 Å². The maximum absolute atomic E-state index is 11.7. The van der Waals surface area contributed by atoms with Crippen LogP contribution in [0, 0.1) is 0 Å². The van der Waals surface area contributed by atoms with E-state index in [2.05, 4.69) is 35.1 Å². The summed E-state index contributed by atoms with van der Waals surface area (Å²) in [6.07, 6.45) is 2.34. The summed E-state index contributed by atoms with van der Waals surface area (Å²) >= 11 is 0.742. The number of rotatable bonds is 8. The molecule has 148 valence electrons. The average molecular weight is 400 g/mol. The van der Waals surface area contributed by atoms with Crippen molar-refractivity contribution >= 4 is 27.9 Å². The molecule has 28 heavy (non-hydrogen) atoms. The van der Waals surface area contributed by atoms with Crippen molar-refractivity contribution in [1.29, 1.82) is 0 Å². The van der Waals surface area contributed by atoms with Gasteiger partial charge in [-0.15, -0.1) is 0 Å².